The number of benzene rings is 1. The highest BCUT2D eigenvalue weighted by Crippen LogP contribution is 2.23. The minimum Gasteiger partial charge on any atom is -0.346 e. The molecule has 2 rings (SSSR count). The minimum absolute atomic E-state index is 0.0404. The van der Waals surface area contributed by atoms with Gasteiger partial charge in [0.05, 0.1) is 22.0 Å². The highest BCUT2D eigenvalue weighted by molar-refractivity contribution is 7.91. The third-order valence-corrected chi connectivity index (χ3v) is 5.14. The molecule has 0 spiro atoms. The first-order chi connectivity index (χ1) is 9.21. The first-order valence-electron chi connectivity index (χ1n) is 5.98. The van der Waals surface area contributed by atoms with Crippen LogP contribution in [0.5, 0.6) is 0 Å². The molecule has 1 saturated heterocycles. The van der Waals surface area contributed by atoms with Crippen molar-refractivity contribution < 1.29 is 18.1 Å². The van der Waals surface area contributed by atoms with E-state index >= 15 is 0 Å². The van der Waals surface area contributed by atoms with Gasteiger partial charge in [-0.3, -0.25) is 14.9 Å². The van der Waals surface area contributed by atoms with Gasteiger partial charge in [0.25, 0.3) is 11.6 Å². The summed E-state index contributed by atoms with van der Waals surface area (Å²) in [4.78, 5) is 22.1. The summed E-state index contributed by atoms with van der Waals surface area (Å²) in [5.41, 5.74) is -0.854. The van der Waals surface area contributed by atoms with Crippen LogP contribution in [0.1, 0.15) is 23.7 Å². The molecule has 108 valence electrons. The number of amides is 1. The van der Waals surface area contributed by atoms with Crippen LogP contribution in [0, 0.1) is 10.1 Å². The van der Waals surface area contributed by atoms with Crippen molar-refractivity contribution >= 4 is 21.4 Å². The molecule has 1 aliphatic heterocycles. The first kappa shape index (κ1) is 14.4. The van der Waals surface area contributed by atoms with Gasteiger partial charge < -0.3 is 5.32 Å². The Morgan fingerprint density at radius 1 is 1.45 bits per heavy atom. The summed E-state index contributed by atoms with van der Waals surface area (Å²) >= 11 is 0. The summed E-state index contributed by atoms with van der Waals surface area (Å²) in [7, 11) is -3.13. The average molecular weight is 298 g/mol. The van der Waals surface area contributed by atoms with Gasteiger partial charge in [-0.1, -0.05) is 6.07 Å². The summed E-state index contributed by atoms with van der Waals surface area (Å²) in [5.74, 6) is -0.576. The maximum absolute atomic E-state index is 12.1. The van der Waals surface area contributed by atoms with E-state index in [0.717, 1.165) is 0 Å². The lowest BCUT2D eigenvalue weighted by atomic mass is 10.0. The Morgan fingerprint density at radius 2 is 2.15 bits per heavy atom. The van der Waals surface area contributed by atoms with E-state index < -0.39 is 26.2 Å². The van der Waals surface area contributed by atoms with Gasteiger partial charge in [0.15, 0.2) is 9.84 Å². The molecule has 0 aliphatic carbocycles. The van der Waals surface area contributed by atoms with Gasteiger partial charge in [0.2, 0.25) is 0 Å². The molecule has 1 atom stereocenters. The van der Waals surface area contributed by atoms with Gasteiger partial charge in [-0.25, -0.2) is 8.42 Å². The lowest BCUT2D eigenvalue weighted by Gasteiger charge is -2.23. The fraction of sp³-hybridized carbons (Fsp3) is 0.417. The standard InChI is InChI=1S/C12H14N2O5S/c1-12(5-6-20(18,19)8-12)13-11(15)9-3-2-4-10(7-9)14(16)17/h2-4,7H,5-6,8H2,1H3,(H,13,15)/t12-/m0/s1. The largest absolute Gasteiger partial charge is 0.346 e. The van der Waals surface area contributed by atoms with Crippen LogP contribution in [0.3, 0.4) is 0 Å². The summed E-state index contributed by atoms with van der Waals surface area (Å²) in [6.45, 7) is 1.66. The molecule has 1 fully saturated rings. The second-order valence-electron chi connectivity index (χ2n) is 5.16. The molecule has 20 heavy (non-hydrogen) atoms. The van der Waals surface area contributed by atoms with E-state index in [-0.39, 0.29) is 22.8 Å². The van der Waals surface area contributed by atoms with Crippen LogP contribution in [0.15, 0.2) is 24.3 Å². The lowest BCUT2D eigenvalue weighted by molar-refractivity contribution is -0.384. The number of carbonyl (C=O) groups is 1. The first-order valence-corrected chi connectivity index (χ1v) is 7.80. The van der Waals surface area contributed by atoms with E-state index in [0.29, 0.717) is 6.42 Å². The van der Waals surface area contributed by atoms with Crippen LogP contribution >= 0.6 is 0 Å². The van der Waals surface area contributed by atoms with Gasteiger partial charge >= 0.3 is 0 Å². The molecule has 0 radical (unpaired) electrons. The van der Waals surface area contributed by atoms with E-state index in [1.807, 2.05) is 0 Å². The molecule has 0 saturated carbocycles. The molecule has 1 amide bonds. The number of nitrogens with zero attached hydrogens (tertiary/aromatic N) is 1. The monoisotopic (exact) mass is 298 g/mol. The molecule has 1 aromatic carbocycles. The van der Waals surface area contributed by atoms with Crippen LogP contribution in [0.25, 0.3) is 0 Å². The number of hydrogen-bond acceptors (Lipinski definition) is 5. The SMILES string of the molecule is C[C@]1(NC(=O)c2cccc([N+](=O)[O-])c2)CCS(=O)(=O)C1. The molecule has 0 aromatic heterocycles. The number of nitrogens with one attached hydrogen (secondary N) is 1. The molecule has 7 nitrogen and oxygen atoms in total. The number of rotatable bonds is 3. The van der Waals surface area contributed by atoms with E-state index in [9.17, 15) is 23.3 Å². The van der Waals surface area contributed by atoms with Crippen molar-refractivity contribution in [3.8, 4) is 0 Å². The Labute approximate surface area is 116 Å². The smallest absolute Gasteiger partial charge is 0.270 e. The van der Waals surface area contributed by atoms with Crippen molar-refractivity contribution in [2.24, 2.45) is 0 Å². The van der Waals surface area contributed by atoms with E-state index in [4.69, 9.17) is 0 Å². The lowest BCUT2D eigenvalue weighted by Crippen LogP contribution is -2.46. The molecule has 1 aliphatic rings. The number of hydrogen-bond donors (Lipinski definition) is 1. The number of sulfone groups is 1. The predicted octanol–water partition coefficient (Wildman–Crippen LogP) is 0.902. The van der Waals surface area contributed by atoms with Crippen molar-refractivity contribution in [1.29, 1.82) is 0 Å². The Morgan fingerprint density at radius 3 is 2.70 bits per heavy atom. The third kappa shape index (κ3) is 3.13. The maximum Gasteiger partial charge on any atom is 0.270 e. The van der Waals surface area contributed by atoms with Crippen LogP contribution < -0.4 is 5.32 Å². The van der Waals surface area contributed by atoms with Crippen molar-refractivity contribution in [2.75, 3.05) is 11.5 Å². The van der Waals surface area contributed by atoms with E-state index in [1.165, 1.54) is 24.3 Å². The normalized spacial score (nSPS) is 24.2. The Balaban J connectivity index is 2.17. The van der Waals surface area contributed by atoms with Crippen molar-refractivity contribution in [3.05, 3.63) is 39.9 Å². The Hall–Kier alpha value is -1.96. The fourth-order valence-corrected chi connectivity index (χ4v) is 4.31. The molecule has 0 bridgehead atoms. The van der Waals surface area contributed by atoms with Crippen molar-refractivity contribution in [1.82, 2.24) is 5.32 Å². The zero-order chi connectivity index (χ0) is 15.0. The zero-order valence-electron chi connectivity index (χ0n) is 10.8. The average Bonchev–Trinajstić information content (AvgIpc) is 2.63. The predicted molar refractivity (Wildman–Crippen MR) is 72.2 cm³/mol. The number of nitro benzene ring substituents is 1. The molecule has 1 aromatic rings. The number of carbonyl (C=O) groups excluding carboxylic acids is 1. The summed E-state index contributed by atoms with van der Waals surface area (Å²) < 4.78 is 22.9. The Kier molecular flexibility index (Phi) is 3.51. The van der Waals surface area contributed by atoms with Crippen LogP contribution in [0.4, 0.5) is 5.69 Å². The van der Waals surface area contributed by atoms with Crippen LogP contribution in [-0.4, -0.2) is 36.3 Å². The van der Waals surface area contributed by atoms with Crippen LogP contribution in [0.2, 0.25) is 0 Å². The topological polar surface area (TPSA) is 106 Å². The summed E-state index contributed by atoms with van der Waals surface area (Å²) in [6, 6.07) is 5.33. The summed E-state index contributed by atoms with van der Waals surface area (Å²) in [5, 5.41) is 13.3. The molecule has 1 heterocycles. The van der Waals surface area contributed by atoms with Crippen molar-refractivity contribution in [2.45, 2.75) is 18.9 Å². The highest BCUT2D eigenvalue weighted by atomic mass is 32.2. The molecule has 1 N–H and O–H groups in total. The van der Waals surface area contributed by atoms with Gasteiger partial charge in [-0.2, -0.15) is 0 Å². The minimum atomic E-state index is -3.13. The fourth-order valence-electron chi connectivity index (χ4n) is 2.22. The van der Waals surface area contributed by atoms with Gasteiger partial charge in [-0.05, 0) is 19.4 Å². The second-order valence-corrected chi connectivity index (χ2v) is 7.35. The second kappa shape index (κ2) is 4.86. The molecular weight excluding hydrogens is 284 g/mol. The number of non-ortho nitro benzene ring substituents is 1. The summed E-state index contributed by atoms with van der Waals surface area (Å²) in [6.07, 6.45) is 0.343. The van der Waals surface area contributed by atoms with Gasteiger partial charge in [-0.15, -0.1) is 0 Å². The maximum atomic E-state index is 12.1. The van der Waals surface area contributed by atoms with E-state index in [1.54, 1.807) is 6.92 Å². The van der Waals surface area contributed by atoms with E-state index in [2.05, 4.69) is 5.32 Å². The van der Waals surface area contributed by atoms with Crippen molar-refractivity contribution in [3.63, 3.8) is 0 Å². The highest BCUT2D eigenvalue weighted by Gasteiger charge is 2.39. The Bertz CT molecular complexity index is 670. The van der Waals surface area contributed by atoms with Gasteiger partial charge in [0.1, 0.15) is 0 Å². The van der Waals surface area contributed by atoms with Crippen LogP contribution in [-0.2, 0) is 9.84 Å². The molecular formula is C12H14N2O5S. The van der Waals surface area contributed by atoms with Gasteiger partial charge in [0, 0.05) is 17.7 Å². The zero-order valence-corrected chi connectivity index (χ0v) is 11.6. The quantitative estimate of drug-likeness (QED) is 0.659. The third-order valence-electron chi connectivity index (χ3n) is 3.24. The molecule has 0 unspecified atom stereocenters. The molecule has 8 heteroatoms. The number of nitro groups is 1.